The normalized spacial score (nSPS) is 18.7. The number of carbonyl (C=O) groups excluding carboxylic acids is 2. The molecule has 1 saturated heterocycles. The summed E-state index contributed by atoms with van der Waals surface area (Å²) in [5.74, 6) is -1.22. The maximum atomic E-state index is 13.1. The number of halogens is 1. The van der Waals surface area contributed by atoms with Gasteiger partial charge in [0.1, 0.15) is 5.82 Å². The molecule has 6 nitrogen and oxygen atoms in total. The summed E-state index contributed by atoms with van der Waals surface area (Å²) >= 11 is 0. The molecule has 1 aromatic carbocycles. The molecule has 1 aromatic rings. The molecule has 0 N–H and O–H groups in total. The number of hydrogen-bond donors (Lipinski definition) is 0. The summed E-state index contributed by atoms with van der Waals surface area (Å²) < 4.78 is 29.1. The average Bonchev–Trinajstić information content (AvgIpc) is 3.18. The highest BCUT2D eigenvalue weighted by Gasteiger charge is 2.24. The molecule has 1 aliphatic rings. The van der Waals surface area contributed by atoms with E-state index in [1.807, 2.05) is 13.8 Å². The molecule has 3 unspecified atom stereocenters. The highest BCUT2D eigenvalue weighted by atomic mass is 19.1. The summed E-state index contributed by atoms with van der Waals surface area (Å²) in [7, 11) is 0. The molecule has 0 bridgehead atoms. The Balaban J connectivity index is 1.80. The fourth-order valence-corrected chi connectivity index (χ4v) is 3.02. The fourth-order valence-electron chi connectivity index (χ4n) is 3.02. The smallest absolute Gasteiger partial charge is 0.335 e. The lowest BCUT2D eigenvalue weighted by Gasteiger charge is -2.28. The Kier molecular flexibility index (Phi) is 8.19. The van der Waals surface area contributed by atoms with Crippen molar-refractivity contribution in [3.05, 3.63) is 35.6 Å². The van der Waals surface area contributed by atoms with Crippen molar-refractivity contribution >= 4 is 11.9 Å². The second kappa shape index (κ2) is 10.4. The van der Waals surface area contributed by atoms with Crippen LogP contribution in [0.5, 0.6) is 0 Å². The van der Waals surface area contributed by atoms with E-state index in [-0.39, 0.29) is 30.5 Å². The molecule has 1 aliphatic heterocycles. The van der Waals surface area contributed by atoms with Crippen LogP contribution in [0.2, 0.25) is 0 Å². The van der Waals surface area contributed by atoms with Crippen molar-refractivity contribution in [3.63, 3.8) is 0 Å². The van der Waals surface area contributed by atoms with Crippen LogP contribution in [0, 0.1) is 5.82 Å². The first-order valence-electron chi connectivity index (χ1n) is 9.37. The topological polar surface area (TPSA) is 65.1 Å². The van der Waals surface area contributed by atoms with E-state index in [1.54, 1.807) is 24.0 Å². The SMILES string of the molecule is CCN(C(=O)COC(=O)C(C)OCC1CCCO1)C(C)c1ccc(F)cc1. The predicted octanol–water partition coefficient (Wildman–Crippen LogP) is 2.86. The van der Waals surface area contributed by atoms with Crippen molar-refractivity contribution in [2.45, 2.75) is 51.9 Å². The van der Waals surface area contributed by atoms with E-state index in [0.29, 0.717) is 13.2 Å². The standard InChI is InChI=1S/C20H28FNO5/c1-4-22(14(2)16-7-9-17(21)10-8-16)19(23)13-27-20(24)15(3)26-12-18-6-5-11-25-18/h7-10,14-15,18H,4-6,11-13H2,1-3H3. The number of esters is 1. The van der Waals surface area contributed by atoms with E-state index in [0.717, 1.165) is 25.0 Å². The van der Waals surface area contributed by atoms with Crippen molar-refractivity contribution in [1.82, 2.24) is 4.90 Å². The first-order valence-corrected chi connectivity index (χ1v) is 9.37. The number of benzene rings is 1. The molecule has 150 valence electrons. The van der Waals surface area contributed by atoms with E-state index >= 15 is 0 Å². The van der Waals surface area contributed by atoms with Crippen LogP contribution >= 0.6 is 0 Å². The second-order valence-electron chi connectivity index (χ2n) is 6.63. The molecule has 0 spiro atoms. The van der Waals surface area contributed by atoms with E-state index < -0.39 is 12.1 Å². The van der Waals surface area contributed by atoms with Crippen LogP contribution < -0.4 is 0 Å². The van der Waals surface area contributed by atoms with Crippen molar-refractivity contribution in [3.8, 4) is 0 Å². The highest BCUT2D eigenvalue weighted by Crippen LogP contribution is 2.20. The van der Waals surface area contributed by atoms with Crippen molar-refractivity contribution in [1.29, 1.82) is 0 Å². The minimum atomic E-state index is -0.758. The largest absolute Gasteiger partial charge is 0.454 e. The lowest BCUT2D eigenvalue weighted by Crippen LogP contribution is -2.38. The van der Waals surface area contributed by atoms with Gasteiger partial charge in [-0.25, -0.2) is 9.18 Å². The van der Waals surface area contributed by atoms with Gasteiger partial charge in [0.2, 0.25) is 0 Å². The number of hydrogen-bond acceptors (Lipinski definition) is 5. The molecular weight excluding hydrogens is 353 g/mol. The maximum absolute atomic E-state index is 13.1. The molecule has 0 radical (unpaired) electrons. The Morgan fingerprint density at radius 3 is 2.59 bits per heavy atom. The number of rotatable bonds is 9. The van der Waals surface area contributed by atoms with Crippen LogP contribution in [0.3, 0.4) is 0 Å². The first-order chi connectivity index (χ1) is 12.9. The van der Waals surface area contributed by atoms with Crippen molar-refractivity contribution < 1.29 is 28.2 Å². The third-order valence-electron chi connectivity index (χ3n) is 4.71. The third kappa shape index (κ3) is 6.29. The van der Waals surface area contributed by atoms with Crippen molar-refractivity contribution in [2.75, 3.05) is 26.4 Å². The summed E-state index contributed by atoms with van der Waals surface area (Å²) in [6.45, 7) is 6.44. The molecule has 1 amide bonds. The maximum Gasteiger partial charge on any atom is 0.335 e. The lowest BCUT2D eigenvalue weighted by molar-refractivity contribution is -0.163. The van der Waals surface area contributed by atoms with Crippen LogP contribution in [0.1, 0.15) is 45.2 Å². The summed E-state index contributed by atoms with van der Waals surface area (Å²) in [4.78, 5) is 26.1. The molecule has 2 rings (SSSR count). The van der Waals surface area contributed by atoms with Gasteiger partial charge in [0, 0.05) is 13.2 Å². The zero-order chi connectivity index (χ0) is 19.8. The van der Waals surface area contributed by atoms with Gasteiger partial charge >= 0.3 is 5.97 Å². The number of likely N-dealkylation sites (N-methyl/N-ethyl adjacent to an activating group) is 1. The average molecular weight is 381 g/mol. The monoisotopic (exact) mass is 381 g/mol. The molecule has 0 saturated carbocycles. The van der Waals surface area contributed by atoms with Crippen LogP contribution in [-0.2, 0) is 23.8 Å². The Hall–Kier alpha value is -1.99. The molecule has 27 heavy (non-hydrogen) atoms. The Morgan fingerprint density at radius 1 is 1.30 bits per heavy atom. The van der Waals surface area contributed by atoms with Gasteiger partial charge in [0.25, 0.3) is 5.91 Å². The van der Waals surface area contributed by atoms with Gasteiger partial charge in [-0.15, -0.1) is 0 Å². The summed E-state index contributed by atoms with van der Waals surface area (Å²) in [5, 5.41) is 0. The molecular formula is C20H28FNO5. The first kappa shape index (κ1) is 21.3. The zero-order valence-corrected chi connectivity index (χ0v) is 16.2. The molecule has 3 atom stereocenters. The second-order valence-corrected chi connectivity index (χ2v) is 6.63. The van der Waals surface area contributed by atoms with Crippen LogP contribution in [0.4, 0.5) is 4.39 Å². The minimum absolute atomic E-state index is 0.0222. The number of amides is 1. The highest BCUT2D eigenvalue weighted by molar-refractivity contribution is 5.82. The van der Waals surface area contributed by atoms with Gasteiger partial charge in [-0.1, -0.05) is 12.1 Å². The zero-order valence-electron chi connectivity index (χ0n) is 16.2. The predicted molar refractivity (Wildman–Crippen MR) is 97.5 cm³/mol. The van der Waals surface area contributed by atoms with Crippen LogP contribution in [-0.4, -0.2) is 55.3 Å². The van der Waals surface area contributed by atoms with Crippen LogP contribution in [0.15, 0.2) is 24.3 Å². The number of ether oxygens (including phenoxy) is 3. The molecule has 7 heteroatoms. The van der Waals surface area contributed by atoms with E-state index in [4.69, 9.17) is 14.2 Å². The van der Waals surface area contributed by atoms with E-state index in [1.165, 1.54) is 12.1 Å². The van der Waals surface area contributed by atoms with Crippen molar-refractivity contribution in [2.24, 2.45) is 0 Å². The summed E-state index contributed by atoms with van der Waals surface area (Å²) in [5.41, 5.74) is 0.811. The molecule has 1 heterocycles. The van der Waals surface area contributed by atoms with Gasteiger partial charge in [0.15, 0.2) is 12.7 Å². The Morgan fingerprint density at radius 2 is 2.00 bits per heavy atom. The van der Waals surface area contributed by atoms with Crippen LogP contribution in [0.25, 0.3) is 0 Å². The summed E-state index contributed by atoms with van der Waals surface area (Å²) in [6.07, 6.45) is 1.19. The Labute approximate surface area is 159 Å². The van der Waals surface area contributed by atoms with E-state index in [9.17, 15) is 14.0 Å². The van der Waals surface area contributed by atoms with Gasteiger partial charge in [-0.05, 0) is 51.3 Å². The fraction of sp³-hybridized carbons (Fsp3) is 0.600. The summed E-state index contributed by atoms with van der Waals surface area (Å²) in [6, 6.07) is 5.75. The van der Waals surface area contributed by atoms with Gasteiger partial charge < -0.3 is 19.1 Å². The number of nitrogens with zero attached hydrogens (tertiary/aromatic N) is 1. The molecule has 0 aromatic heterocycles. The number of carbonyl (C=O) groups is 2. The minimum Gasteiger partial charge on any atom is -0.454 e. The van der Waals surface area contributed by atoms with Gasteiger partial charge in [0.05, 0.1) is 18.8 Å². The third-order valence-corrected chi connectivity index (χ3v) is 4.71. The van der Waals surface area contributed by atoms with Gasteiger partial charge in [-0.2, -0.15) is 0 Å². The quantitative estimate of drug-likeness (QED) is 0.616. The Bertz CT molecular complexity index is 615. The van der Waals surface area contributed by atoms with Gasteiger partial charge in [-0.3, -0.25) is 4.79 Å². The lowest BCUT2D eigenvalue weighted by atomic mass is 10.1. The molecule has 1 fully saturated rings. The molecule has 0 aliphatic carbocycles. The van der Waals surface area contributed by atoms with E-state index in [2.05, 4.69) is 0 Å².